The first-order chi connectivity index (χ1) is 12.4. The molecule has 3 nitrogen and oxygen atoms in total. The van der Waals surface area contributed by atoms with Crippen molar-refractivity contribution >= 4 is 17.4 Å². The van der Waals surface area contributed by atoms with Crippen molar-refractivity contribution in [3.63, 3.8) is 0 Å². The van der Waals surface area contributed by atoms with E-state index in [-0.39, 0.29) is 23.8 Å². The van der Waals surface area contributed by atoms with Crippen molar-refractivity contribution in [2.45, 2.75) is 43.4 Å². The second kappa shape index (κ2) is 6.10. The molecule has 6 heteroatoms. The number of hydrogen-bond donors (Lipinski definition) is 0. The molecule has 1 aromatic carbocycles. The summed E-state index contributed by atoms with van der Waals surface area (Å²) in [5.74, 6) is -1.27. The number of carbonyl (C=O) groups excluding carboxylic acids is 1. The number of fused-ring (bicyclic) bond motifs is 2. The van der Waals surface area contributed by atoms with Gasteiger partial charge in [-0.2, -0.15) is 0 Å². The van der Waals surface area contributed by atoms with Crippen LogP contribution in [0.15, 0.2) is 36.5 Å². The van der Waals surface area contributed by atoms with Crippen LogP contribution in [0.4, 0.5) is 8.78 Å². The lowest BCUT2D eigenvalue weighted by molar-refractivity contribution is -0.133. The Morgan fingerprint density at radius 1 is 1.38 bits per heavy atom. The molecule has 1 aliphatic heterocycles. The summed E-state index contributed by atoms with van der Waals surface area (Å²) >= 11 is 6.08. The maximum atomic E-state index is 15.8. The maximum absolute atomic E-state index is 15.8. The van der Waals surface area contributed by atoms with E-state index in [1.54, 1.807) is 31.3 Å². The Morgan fingerprint density at radius 2 is 2.15 bits per heavy atom. The van der Waals surface area contributed by atoms with Crippen molar-refractivity contribution < 1.29 is 18.3 Å². The van der Waals surface area contributed by atoms with E-state index < -0.39 is 22.9 Å². The van der Waals surface area contributed by atoms with Crippen LogP contribution in [0.2, 0.25) is 5.02 Å². The van der Waals surface area contributed by atoms with Crippen LogP contribution < -0.4 is 0 Å². The third-order valence-electron chi connectivity index (χ3n) is 5.46. The standard InChI is InChI=1S/C20H18ClF2NO2/c1-12(14-5-4-13(22)10-16(14)21)9-17(25)20(23)7-6-19(11-26-19)18-15(20)3-2-8-24-18/h2-5,8,10,12H,6-7,9,11H2,1H3/t12-,19-,20+/m1/s1. The van der Waals surface area contributed by atoms with E-state index in [9.17, 15) is 9.18 Å². The number of aromatic nitrogens is 1. The van der Waals surface area contributed by atoms with Crippen LogP contribution in [-0.2, 0) is 20.8 Å². The average Bonchev–Trinajstić information content (AvgIpc) is 3.39. The molecule has 0 unspecified atom stereocenters. The first-order valence-corrected chi connectivity index (χ1v) is 9.01. The maximum Gasteiger partial charge on any atom is 0.195 e. The number of ketones is 1. The molecule has 0 N–H and O–H groups in total. The van der Waals surface area contributed by atoms with Crippen molar-refractivity contribution in [2.75, 3.05) is 6.61 Å². The Kier molecular flexibility index (Phi) is 4.12. The lowest BCUT2D eigenvalue weighted by atomic mass is 9.73. The first kappa shape index (κ1) is 17.6. The zero-order valence-corrected chi connectivity index (χ0v) is 15.0. The molecular weight excluding hydrogens is 360 g/mol. The minimum Gasteiger partial charge on any atom is -0.363 e. The van der Waals surface area contributed by atoms with Gasteiger partial charge in [0.15, 0.2) is 11.5 Å². The fourth-order valence-electron chi connectivity index (χ4n) is 3.82. The van der Waals surface area contributed by atoms with Gasteiger partial charge in [-0.05, 0) is 42.5 Å². The third-order valence-corrected chi connectivity index (χ3v) is 5.79. The summed E-state index contributed by atoms with van der Waals surface area (Å²) in [7, 11) is 0. The summed E-state index contributed by atoms with van der Waals surface area (Å²) in [6, 6.07) is 7.31. The van der Waals surface area contributed by atoms with E-state index in [0.29, 0.717) is 29.8 Å². The van der Waals surface area contributed by atoms with Gasteiger partial charge in [0.25, 0.3) is 0 Å². The molecule has 1 spiro atoms. The normalized spacial score (nSPS) is 27.8. The molecule has 0 saturated carbocycles. The minimum absolute atomic E-state index is 0.0238. The topological polar surface area (TPSA) is 42.5 Å². The van der Waals surface area contributed by atoms with Crippen molar-refractivity contribution in [3.8, 4) is 0 Å². The molecule has 1 saturated heterocycles. The van der Waals surface area contributed by atoms with E-state index in [2.05, 4.69) is 4.98 Å². The summed E-state index contributed by atoms with van der Waals surface area (Å²) in [5, 5.41) is 0.245. The molecule has 2 aliphatic rings. The number of epoxide rings is 1. The molecule has 2 aromatic rings. The third kappa shape index (κ3) is 2.74. The number of hydrogen-bond acceptors (Lipinski definition) is 3. The predicted octanol–water partition coefficient (Wildman–Crippen LogP) is 4.82. The van der Waals surface area contributed by atoms with E-state index in [4.69, 9.17) is 16.3 Å². The van der Waals surface area contributed by atoms with Crippen molar-refractivity contribution in [1.29, 1.82) is 0 Å². The molecule has 1 aliphatic carbocycles. The van der Waals surface area contributed by atoms with Gasteiger partial charge in [0.05, 0.1) is 12.3 Å². The predicted molar refractivity (Wildman–Crippen MR) is 93.3 cm³/mol. The van der Waals surface area contributed by atoms with Crippen LogP contribution in [-0.4, -0.2) is 17.4 Å². The summed E-state index contributed by atoms with van der Waals surface area (Å²) in [5.41, 5.74) is -1.12. The molecular formula is C20H18ClF2NO2. The largest absolute Gasteiger partial charge is 0.363 e. The summed E-state index contributed by atoms with van der Waals surface area (Å²) in [4.78, 5) is 17.2. The molecule has 0 amide bonds. The van der Waals surface area contributed by atoms with E-state index in [0.717, 1.165) is 0 Å². The Bertz CT molecular complexity index is 884. The molecule has 4 rings (SSSR count). The fourth-order valence-corrected chi connectivity index (χ4v) is 4.18. The number of alkyl halides is 1. The summed E-state index contributed by atoms with van der Waals surface area (Å²) in [6.07, 6.45) is 2.09. The Balaban J connectivity index is 1.62. The molecule has 26 heavy (non-hydrogen) atoms. The number of rotatable bonds is 4. The Labute approximate surface area is 155 Å². The monoisotopic (exact) mass is 377 g/mol. The van der Waals surface area contributed by atoms with Crippen LogP contribution in [0, 0.1) is 5.82 Å². The lowest BCUT2D eigenvalue weighted by Gasteiger charge is -2.33. The number of benzene rings is 1. The Hall–Kier alpha value is -1.85. The second-order valence-corrected chi connectivity index (χ2v) is 7.59. The summed E-state index contributed by atoms with van der Waals surface area (Å²) < 4.78 is 34.6. The highest BCUT2D eigenvalue weighted by Gasteiger charge is 2.58. The van der Waals surface area contributed by atoms with E-state index in [1.807, 2.05) is 0 Å². The van der Waals surface area contributed by atoms with Gasteiger partial charge in [-0.15, -0.1) is 0 Å². The number of Topliss-reactive ketones (excluding diaryl/α,β-unsaturated/α-hetero) is 1. The van der Waals surface area contributed by atoms with Gasteiger partial charge in [-0.1, -0.05) is 30.7 Å². The van der Waals surface area contributed by atoms with Crippen LogP contribution in [0.25, 0.3) is 0 Å². The van der Waals surface area contributed by atoms with Crippen molar-refractivity contribution in [2.24, 2.45) is 0 Å². The number of carbonyl (C=O) groups is 1. The van der Waals surface area contributed by atoms with Gasteiger partial charge in [-0.25, -0.2) is 8.78 Å². The van der Waals surface area contributed by atoms with E-state index in [1.165, 1.54) is 12.1 Å². The molecule has 1 aromatic heterocycles. The van der Waals surface area contributed by atoms with Gasteiger partial charge in [0.2, 0.25) is 0 Å². The van der Waals surface area contributed by atoms with Gasteiger partial charge < -0.3 is 4.74 Å². The highest BCUT2D eigenvalue weighted by atomic mass is 35.5. The number of halogens is 3. The molecule has 1 fully saturated rings. The van der Waals surface area contributed by atoms with Gasteiger partial charge >= 0.3 is 0 Å². The van der Waals surface area contributed by atoms with Gasteiger partial charge in [-0.3, -0.25) is 9.78 Å². The number of nitrogens with zero attached hydrogens (tertiary/aromatic N) is 1. The van der Waals surface area contributed by atoms with Crippen LogP contribution in [0.5, 0.6) is 0 Å². The van der Waals surface area contributed by atoms with Crippen molar-refractivity contribution in [1.82, 2.24) is 4.98 Å². The quantitative estimate of drug-likeness (QED) is 0.717. The first-order valence-electron chi connectivity index (χ1n) is 8.63. The highest BCUT2D eigenvalue weighted by Crippen LogP contribution is 2.53. The number of pyridine rings is 1. The van der Waals surface area contributed by atoms with Crippen LogP contribution in [0.1, 0.15) is 48.9 Å². The van der Waals surface area contributed by atoms with Crippen LogP contribution in [0.3, 0.4) is 0 Å². The second-order valence-electron chi connectivity index (χ2n) is 7.18. The fraction of sp³-hybridized carbons (Fsp3) is 0.400. The van der Waals surface area contributed by atoms with Gasteiger partial charge in [0.1, 0.15) is 11.4 Å². The van der Waals surface area contributed by atoms with Gasteiger partial charge in [0, 0.05) is 23.2 Å². The molecule has 0 radical (unpaired) electrons. The SMILES string of the molecule is C[C@H](CC(=O)[C@]1(F)CC[C@@]2(CO2)c2ncccc21)c1ccc(F)cc1Cl. The van der Waals surface area contributed by atoms with Crippen LogP contribution >= 0.6 is 11.6 Å². The zero-order valence-electron chi connectivity index (χ0n) is 14.3. The average molecular weight is 378 g/mol. The lowest BCUT2D eigenvalue weighted by Crippen LogP contribution is -2.39. The molecule has 0 bridgehead atoms. The van der Waals surface area contributed by atoms with Crippen molar-refractivity contribution in [3.05, 3.63) is 64.2 Å². The smallest absolute Gasteiger partial charge is 0.195 e. The Morgan fingerprint density at radius 3 is 2.85 bits per heavy atom. The molecule has 3 atom stereocenters. The van der Waals surface area contributed by atoms with E-state index >= 15 is 4.39 Å². The highest BCUT2D eigenvalue weighted by molar-refractivity contribution is 6.31. The number of ether oxygens (including phenoxy) is 1. The minimum atomic E-state index is -2.08. The zero-order chi connectivity index (χ0) is 18.5. The molecule has 136 valence electrons. The molecule has 2 heterocycles. The summed E-state index contributed by atoms with van der Waals surface area (Å²) in [6.45, 7) is 2.31.